The van der Waals surface area contributed by atoms with Crippen LogP contribution in [0.1, 0.15) is 39.5 Å². The molecule has 2 aromatic rings. The Balaban J connectivity index is 1.14. The van der Waals surface area contributed by atoms with Crippen molar-refractivity contribution in [3.05, 3.63) is 36.9 Å². The number of ether oxygens (including phenoxy) is 2. The lowest BCUT2D eigenvalue weighted by Gasteiger charge is -2.38. The molecule has 1 amide bonds. The Bertz CT molecular complexity index is 938. The molecule has 3 saturated heterocycles. The molecule has 3 aliphatic heterocycles. The van der Waals surface area contributed by atoms with Gasteiger partial charge >= 0.3 is 6.09 Å². The van der Waals surface area contributed by atoms with Gasteiger partial charge in [-0.05, 0) is 32.8 Å². The Morgan fingerprint density at radius 1 is 1.06 bits per heavy atom. The average molecular weight is 453 g/mol. The van der Waals surface area contributed by atoms with Crippen molar-refractivity contribution in [3.63, 3.8) is 0 Å². The summed E-state index contributed by atoms with van der Waals surface area (Å²) in [5.41, 5.74) is 0.605. The number of hydrogen-bond donors (Lipinski definition) is 0. The highest BCUT2D eigenvalue weighted by molar-refractivity contribution is 5.89. The first-order chi connectivity index (χ1) is 16.0. The van der Waals surface area contributed by atoms with E-state index in [1.54, 1.807) is 23.5 Å². The van der Waals surface area contributed by atoms with E-state index in [4.69, 9.17) is 9.47 Å². The van der Waals surface area contributed by atoms with Crippen LogP contribution in [0.5, 0.6) is 5.88 Å². The molecule has 9 nitrogen and oxygen atoms in total. The smallest absolute Gasteiger partial charge is 0.416 e. The van der Waals surface area contributed by atoms with Crippen LogP contribution in [-0.4, -0.2) is 76.4 Å². The fraction of sp³-hybridized carbons (Fsp3) is 0.583. The third-order valence-electron chi connectivity index (χ3n) is 7.05. The highest BCUT2D eigenvalue weighted by Crippen LogP contribution is 2.36. The molecule has 0 saturated carbocycles. The van der Waals surface area contributed by atoms with E-state index in [0.717, 1.165) is 57.5 Å². The second-order valence-corrected chi connectivity index (χ2v) is 9.49. The molecule has 5 heterocycles. The third kappa shape index (κ3) is 4.73. The lowest BCUT2D eigenvalue weighted by molar-refractivity contribution is 0.0366. The molecule has 0 atom stereocenters. The van der Waals surface area contributed by atoms with Gasteiger partial charge in [0.05, 0.1) is 24.6 Å². The number of nitrogens with zero attached hydrogens (tertiary/aromatic N) is 6. The number of pyridine rings is 1. The molecule has 2 aromatic heterocycles. The summed E-state index contributed by atoms with van der Waals surface area (Å²) in [6, 6.07) is 4.64. The lowest BCUT2D eigenvalue weighted by Crippen LogP contribution is -2.47. The van der Waals surface area contributed by atoms with Gasteiger partial charge in [0.1, 0.15) is 11.7 Å². The normalized spacial score (nSPS) is 21.6. The summed E-state index contributed by atoms with van der Waals surface area (Å²) < 4.78 is 12.0. The summed E-state index contributed by atoms with van der Waals surface area (Å²) in [7, 11) is 0. The van der Waals surface area contributed by atoms with E-state index in [9.17, 15) is 4.79 Å². The summed E-state index contributed by atoms with van der Waals surface area (Å²) in [5.74, 6) is 1.23. The molecule has 0 N–H and O–H groups in total. The molecular weight excluding hydrogens is 420 g/mol. The molecule has 3 fully saturated rings. The second kappa shape index (κ2) is 9.13. The predicted molar refractivity (Wildman–Crippen MR) is 125 cm³/mol. The van der Waals surface area contributed by atoms with Crippen LogP contribution in [0.15, 0.2) is 36.9 Å². The minimum atomic E-state index is -0.466. The van der Waals surface area contributed by atoms with E-state index in [1.165, 1.54) is 0 Å². The zero-order chi connectivity index (χ0) is 22.8. The summed E-state index contributed by atoms with van der Waals surface area (Å²) in [6.45, 7) is 8.76. The number of piperidine rings is 2. The van der Waals surface area contributed by atoms with E-state index < -0.39 is 5.60 Å². The highest BCUT2D eigenvalue weighted by atomic mass is 16.6. The minimum absolute atomic E-state index is 0.238. The quantitative estimate of drug-likeness (QED) is 0.684. The van der Waals surface area contributed by atoms with Gasteiger partial charge < -0.3 is 19.3 Å². The Kier molecular flexibility index (Phi) is 6.05. The molecular formula is C24H32N6O3. The molecule has 176 valence electrons. The molecule has 33 heavy (non-hydrogen) atoms. The topological polar surface area (TPSA) is 83.9 Å². The standard InChI is InChI=1S/C24H32N6O3/c1-18(2)28-11-5-20(6-12-28)32-22-4-3-19(15-27-22)29-13-7-24(8-14-29)17-30(23(31)33-24)21-16-25-9-10-26-21/h3-4,9-10,15-16,18,20H,5-8,11-14,17H2,1-2H3. The summed E-state index contributed by atoms with van der Waals surface area (Å²) in [5, 5.41) is 0. The van der Waals surface area contributed by atoms with Gasteiger partial charge in [-0.25, -0.2) is 14.8 Å². The van der Waals surface area contributed by atoms with Gasteiger partial charge in [-0.2, -0.15) is 0 Å². The SMILES string of the molecule is CC(C)N1CCC(Oc2ccc(N3CCC4(CC3)CN(c3cnccn3)C(=O)O4)cn2)CC1. The maximum Gasteiger partial charge on any atom is 0.416 e. The van der Waals surface area contributed by atoms with Crippen molar-refractivity contribution in [2.45, 2.75) is 57.3 Å². The first-order valence-electron chi connectivity index (χ1n) is 11.9. The van der Waals surface area contributed by atoms with Crippen molar-refractivity contribution in [1.29, 1.82) is 0 Å². The van der Waals surface area contributed by atoms with Gasteiger partial charge in [0.25, 0.3) is 0 Å². The molecule has 5 rings (SSSR count). The molecule has 3 aliphatic rings. The van der Waals surface area contributed by atoms with E-state index >= 15 is 0 Å². The predicted octanol–water partition coefficient (Wildman–Crippen LogP) is 3.12. The third-order valence-corrected chi connectivity index (χ3v) is 7.05. The van der Waals surface area contributed by atoms with Crippen LogP contribution in [0.3, 0.4) is 0 Å². The number of amides is 1. The number of likely N-dealkylation sites (tertiary alicyclic amines) is 1. The van der Waals surface area contributed by atoms with Gasteiger partial charge in [0.2, 0.25) is 5.88 Å². The van der Waals surface area contributed by atoms with Crippen molar-refractivity contribution in [2.75, 3.05) is 42.5 Å². The van der Waals surface area contributed by atoms with E-state index in [1.807, 2.05) is 12.3 Å². The van der Waals surface area contributed by atoms with Crippen LogP contribution in [0.25, 0.3) is 0 Å². The van der Waals surface area contributed by atoms with Gasteiger partial charge in [-0.1, -0.05) is 0 Å². The number of carbonyl (C=O) groups excluding carboxylic acids is 1. The molecule has 0 aliphatic carbocycles. The second-order valence-electron chi connectivity index (χ2n) is 9.49. The maximum atomic E-state index is 12.4. The molecule has 0 bridgehead atoms. The first-order valence-corrected chi connectivity index (χ1v) is 11.9. The largest absolute Gasteiger partial charge is 0.474 e. The average Bonchev–Trinajstić information content (AvgIpc) is 3.16. The molecule has 0 radical (unpaired) electrons. The number of anilines is 2. The fourth-order valence-corrected chi connectivity index (χ4v) is 4.97. The van der Waals surface area contributed by atoms with Gasteiger partial charge in [0, 0.05) is 63.5 Å². The zero-order valence-electron chi connectivity index (χ0n) is 19.4. The van der Waals surface area contributed by atoms with Gasteiger partial charge in [0.15, 0.2) is 5.82 Å². The molecule has 0 aromatic carbocycles. The lowest BCUT2D eigenvalue weighted by atomic mass is 9.91. The van der Waals surface area contributed by atoms with E-state index in [0.29, 0.717) is 24.3 Å². The van der Waals surface area contributed by atoms with Gasteiger partial charge in [-0.3, -0.25) is 9.88 Å². The minimum Gasteiger partial charge on any atom is -0.474 e. The van der Waals surface area contributed by atoms with Crippen LogP contribution in [-0.2, 0) is 4.74 Å². The number of rotatable bonds is 5. The van der Waals surface area contributed by atoms with Crippen LogP contribution in [0.2, 0.25) is 0 Å². The highest BCUT2D eigenvalue weighted by Gasteiger charge is 2.48. The number of aromatic nitrogens is 3. The van der Waals surface area contributed by atoms with Gasteiger partial charge in [-0.15, -0.1) is 0 Å². The van der Waals surface area contributed by atoms with Crippen LogP contribution >= 0.6 is 0 Å². The van der Waals surface area contributed by atoms with Crippen LogP contribution < -0.4 is 14.5 Å². The Labute approximate surface area is 194 Å². The Morgan fingerprint density at radius 3 is 2.48 bits per heavy atom. The number of hydrogen-bond acceptors (Lipinski definition) is 8. The Morgan fingerprint density at radius 2 is 1.85 bits per heavy atom. The zero-order valence-corrected chi connectivity index (χ0v) is 19.4. The van der Waals surface area contributed by atoms with Crippen molar-refractivity contribution in [2.24, 2.45) is 0 Å². The van der Waals surface area contributed by atoms with Crippen LogP contribution in [0, 0.1) is 0 Å². The first kappa shape index (κ1) is 21.9. The van der Waals surface area contributed by atoms with E-state index in [2.05, 4.69) is 44.7 Å². The molecule has 9 heteroatoms. The molecule has 1 spiro atoms. The maximum absolute atomic E-state index is 12.4. The van der Waals surface area contributed by atoms with Crippen molar-refractivity contribution < 1.29 is 14.3 Å². The van der Waals surface area contributed by atoms with Crippen molar-refractivity contribution in [3.8, 4) is 5.88 Å². The monoisotopic (exact) mass is 452 g/mol. The fourth-order valence-electron chi connectivity index (χ4n) is 4.97. The summed E-state index contributed by atoms with van der Waals surface area (Å²) >= 11 is 0. The van der Waals surface area contributed by atoms with Crippen molar-refractivity contribution in [1.82, 2.24) is 19.9 Å². The Hall–Kier alpha value is -2.94. The summed E-state index contributed by atoms with van der Waals surface area (Å²) in [6.07, 6.45) is 10.2. The number of carbonyl (C=O) groups is 1. The summed E-state index contributed by atoms with van der Waals surface area (Å²) in [4.78, 5) is 31.7. The van der Waals surface area contributed by atoms with Crippen molar-refractivity contribution >= 4 is 17.6 Å². The van der Waals surface area contributed by atoms with Crippen LogP contribution in [0.4, 0.5) is 16.3 Å². The molecule has 0 unspecified atom stereocenters. The van der Waals surface area contributed by atoms with E-state index in [-0.39, 0.29) is 12.2 Å².